The first-order valence-corrected chi connectivity index (χ1v) is 5.47. The lowest BCUT2D eigenvalue weighted by molar-refractivity contribution is -0.274. The highest BCUT2D eigenvalue weighted by Gasteiger charge is 2.30. The van der Waals surface area contributed by atoms with Crippen LogP contribution in [0.3, 0.4) is 0 Å². The van der Waals surface area contributed by atoms with E-state index in [0.717, 1.165) is 5.56 Å². The van der Waals surface area contributed by atoms with Gasteiger partial charge in [-0.2, -0.15) is 0 Å². The third-order valence-corrected chi connectivity index (χ3v) is 2.23. The summed E-state index contributed by atoms with van der Waals surface area (Å²) in [4.78, 5) is 0. The molecule has 18 heavy (non-hydrogen) atoms. The second-order valence-corrected chi connectivity index (χ2v) is 3.93. The number of hydrogen-bond donors (Lipinski definition) is 1. The van der Waals surface area contributed by atoms with Crippen LogP contribution in [-0.2, 0) is 11.3 Å². The van der Waals surface area contributed by atoms with Crippen molar-refractivity contribution in [1.82, 2.24) is 5.32 Å². The van der Waals surface area contributed by atoms with E-state index < -0.39 is 6.36 Å². The maximum atomic E-state index is 11.9. The van der Waals surface area contributed by atoms with E-state index in [0.29, 0.717) is 13.2 Å². The van der Waals surface area contributed by atoms with Crippen LogP contribution in [0, 0.1) is 0 Å². The summed E-state index contributed by atoms with van der Waals surface area (Å²) in [7, 11) is 1.61. The van der Waals surface area contributed by atoms with E-state index in [1.807, 2.05) is 6.92 Å². The minimum absolute atomic E-state index is 0.182. The second kappa shape index (κ2) is 6.61. The molecular weight excluding hydrogens is 247 g/mol. The molecule has 6 heteroatoms. The van der Waals surface area contributed by atoms with Crippen LogP contribution >= 0.6 is 0 Å². The molecule has 0 aromatic heterocycles. The van der Waals surface area contributed by atoms with Gasteiger partial charge in [0.1, 0.15) is 5.75 Å². The SMILES string of the molecule is COCC(C)NCc1ccc(OC(F)(F)F)cc1. The molecule has 3 nitrogen and oxygen atoms in total. The number of methoxy groups -OCH3 is 1. The molecule has 1 rings (SSSR count). The lowest BCUT2D eigenvalue weighted by atomic mass is 10.2. The Balaban J connectivity index is 2.45. The van der Waals surface area contributed by atoms with Crippen LogP contribution in [0.25, 0.3) is 0 Å². The lowest BCUT2D eigenvalue weighted by Crippen LogP contribution is -2.29. The van der Waals surface area contributed by atoms with Crippen molar-refractivity contribution < 1.29 is 22.6 Å². The van der Waals surface area contributed by atoms with Gasteiger partial charge in [0.05, 0.1) is 6.61 Å². The monoisotopic (exact) mass is 263 g/mol. The van der Waals surface area contributed by atoms with Gasteiger partial charge in [-0.3, -0.25) is 0 Å². The van der Waals surface area contributed by atoms with Crippen LogP contribution < -0.4 is 10.1 Å². The Hall–Kier alpha value is -1.27. The average molecular weight is 263 g/mol. The van der Waals surface area contributed by atoms with Gasteiger partial charge < -0.3 is 14.8 Å². The Bertz CT molecular complexity index is 351. The molecular formula is C12H16F3NO2. The molecule has 1 aromatic carbocycles. The van der Waals surface area contributed by atoms with E-state index in [9.17, 15) is 13.2 Å². The summed E-state index contributed by atoms with van der Waals surface area (Å²) in [6.07, 6.45) is -4.65. The van der Waals surface area contributed by atoms with Crippen molar-refractivity contribution in [2.24, 2.45) is 0 Å². The molecule has 0 fully saturated rings. The number of alkyl halides is 3. The summed E-state index contributed by atoms with van der Waals surface area (Å²) in [5.74, 6) is -0.212. The summed E-state index contributed by atoms with van der Waals surface area (Å²) in [6.45, 7) is 3.11. The molecule has 102 valence electrons. The first kappa shape index (κ1) is 14.8. The molecule has 0 amide bonds. The van der Waals surface area contributed by atoms with E-state index in [4.69, 9.17) is 4.74 Å². The van der Waals surface area contributed by atoms with E-state index in [2.05, 4.69) is 10.1 Å². The zero-order valence-electron chi connectivity index (χ0n) is 10.3. The van der Waals surface area contributed by atoms with Crippen molar-refractivity contribution in [3.8, 4) is 5.75 Å². The fraction of sp³-hybridized carbons (Fsp3) is 0.500. The molecule has 0 spiro atoms. The maximum absolute atomic E-state index is 11.9. The van der Waals surface area contributed by atoms with Gasteiger partial charge in [-0.25, -0.2) is 0 Å². The van der Waals surface area contributed by atoms with Gasteiger partial charge >= 0.3 is 6.36 Å². The smallest absolute Gasteiger partial charge is 0.406 e. The molecule has 0 aliphatic heterocycles. The molecule has 0 aliphatic rings. The van der Waals surface area contributed by atoms with Crippen LogP contribution in [0.2, 0.25) is 0 Å². The minimum Gasteiger partial charge on any atom is -0.406 e. The van der Waals surface area contributed by atoms with E-state index in [1.165, 1.54) is 12.1 Å². The highest BCUT2D eigenvalue weighted by atomic mass is 19.4. The fourth-order valence-corrected chi connectivity index (χ4v) is 1.41. The van der Waals surface area contributed by atoms with Gasteiger partial charge in [-0.15, -0.1) is 13.2 Å². The van der Waals surface area contributed by atoms with Crippen molar-refractivity contribution >= 4 is 0 Å². The summed E-state index contributed by atoms with van der Waals surface area (Å²) in [6, 6.07) is 5.96. The summed E-state index contributed by atoms with van der Waals surface area (Å²) < 4.78 is 44.5. The topological polar surface area (TPSA) is 30.5 Å². The van der Waals surface area contributed by atoms with Crippen molar-refractivity contribution in [1.29, 1.82) is 0 Å². The summed E-state index contributed by atoms with van der Waals surface area (Å²) in [5, 5.41) is 3.18. The third-order valence-electron chi connectivity index (χ3n) is 2.23. The first-order valence-electron chi connectivity index (χ1n) is 5.47. The van der Waals surface area contributed by atoms with Crippen LogP contribution in [0.4, 0.5) is 13.2 Å². The van der Waals surface area contributed by atoms with Gasteiger partial charge in [-0.1, -0.05) is 12.1 Å². The van der Waals surface area contributed by atoms with Crippen LogP contribution in [0.15, 0.2) is 24.3 Å². The lowest BCUT2D eigenvalue weighted by Gasteiger charge is -2.13. The Morgan fingerprint density at radius 3 is 2.33 bits per heavy atom. The average Bonchev–Trinajstić information content (AvgIpc) is 2.26. The molecule has 1 aromatic rings. The van der Waals surface area contributed by atoms with Gasteiger partial charge in [0.25, 0.3) is 0 Å². The molecule has 1 unspecified atom stereocenters. The zero-order chi connectivity index (χ0) is 13.6. The van der Waals surface area contributed by atoms with Crippen LogP contribution in [-0.4, -0.2) is 26.1 Å². The van der Waals surface area contributed by atoms with E-state index in [-0.39, 0.29) is 11.8 Å². The first-order chi connectivity index (χ1) is 8.40. The Morgan fingerprint density at radius 1 is 1.22 bits per heavy atom. The number of halogens is 3. The fourth-order valence-electron chi connectivity index (χ4n) is 1.41. The summed E-state index contributed by atoms with van der Waals surface area (Å²) >= 11 is 0. The second-order valence-electron chi connectivity index (χ2n) is 3.93. The van der Waals surface area contributed by atoms with Gasteiger partial charge in [0.15, 0.2) is 0 Å². The van der Waals surface area contributed by atoms with Crippen molar-refractivity contribution in [3.63, 3.8) is 0 Å². The number of benzene rings is 1. The number of hydrogen-bond acceptors (Lipinski definition) is 3. The third kappa shape index (κ3) is 5.88. The van der Waals surface area contributed by atoms with Crippen LogP contribution in [0.1, 0.15) is 12.5 Å². The molecule has 0 aliphatic carbocycles. The number of ether oxygens (including phenoxy) is 2. The van der Waals surface area contributed by atoms with Gasteiger partial charge in [0, 0.05) is 19.7 Å². The van der Waals surface area contributed by atoms with E-state index in [1.54, 1.807) is 19.2 Å². The van der Waals surface area contributed by atoms with Gasteiger partial charge in [-0.05, 0) is 24.6 Å². The molecule has 1 atom stereocenters. The van der Waals surface area contributed by atoms with Crippen molar-refractivity contribution in [2.45, 2.75) is 25.9 Å². The largest absolute Gasteiger partial charge is 0.573 e. The molecule has 0 heterocycles. The maximum Gasteiger partial charge on any atom is 0.573 e. The minimum atomic E-state index is -4.65. The quantitative estimate of drug-likeness (QED) is 0.856. The highest BCUT2D eigenvalue weighted by Crippen LogP contribution is 2.22. The molecule has 0 bridgehead atoms. The Labute approximate surface area is 104 Å². The van der Waals surface area contributed by atoms with Gasteiger partial charge in [0.2, 0.25) is 0 Å². The summed E-state index contributed by atoms with van der Waals surface area (Å²) in [5.41, 5.74) is 0.882. The standard InChI is InChI=1S/C12H16F3NO2/c1-9(8-17-2)16-7-10-3-5-11(6-4-10)18-12(13,14)15/h3-6,9,16H,7-8H2,1-2H3. The number of rotatable bonds is 6. The zero-order valence-corrected chi connectivity index (χ0v) is 10.3. The van der Waals surface area contributed by atoms with E-state index >= 15 is 0 Å². The number of nitrogens with one attached hydrogen (secondary N) is 1. The highest BCUT2D eigenvalue weighted by molar-refractivity contribution is 5.27. The predicted molar refractivity (Wildman–Crippen MR) is 61.3 cm³/mol. The van der Waals surface area contributed by atoms with Crippen molar-refractivity contribution in [2.75, 3.05) is 13.7 Å². The predicted octanol–water partition coefficient (Wildman–Crippen LogP) is 2.71. The van der Waals surface area contributed by atoms with Crippen LogP contribution in [0.5, 0.6) is 5.75 Å². The molecule has 1 N–H and O–H groups in total. The molecule has 0 radical (unpaired) electrons. The molecule has 0 saturated carbocycles. The normalized spacial score (nSPS) is 13.4. The Morgan fingerprint density at radius 2 is 1.83 bits per heavy atom. The Kier molecular flexibility index (Phi) is 5.43. The molecule has 0 saturated heterocycles. The van der Waals surface area contributed by atoms with Crippen molar-refractivity contribution in [3.05, 3.63) is 29.8 Å².